The average molecular weight is 290 g/mol. The van der Waals surface area contributed by atoms with Crippen LogP contribution >= 0.6 is 0 Å². The van der Waals surface area contributed by atoms with Crippen molar-refractivity contribution in [2.45, 2.75) is 45.8 Å². The van der Waals surface area contributed by atoms with Gasteiger partial charge >= 0.3 is 0 Å². The highest BCUT2D eigenvalue weighted by atomic mass is 16.5. The quantitative estimate of drug-likeness (QED) is 0.871. The molecular weight excluding hydrogens is 260 g/mol. The molecule has 1 heterocycles. The molecule has 2 atom stereocenters. The van der Waals surface area contributed by atoms with Gasteiger partial charge in [0.05, 0.1) is 6.10 Å². The van der Waals surface area contributed by atoms with Crippen LogP contribution in [-0.2, 0) is 4.74 Å². The molecule has 3 heteroatoms. The SMILES string of the molecule is CCOC1CCCN(CC(NC)c2ccc(C)c(C)c2)C1. The van der Waals surface area contributed by atoms with Gasteiger partial charge in [0.15, 0.2) is 0 Å². The van der Waals surface area contributed by atoms with Crippen LogP contribution < -0.4 is 5.32 Å². The first-order chi connectivity index (χ1) is 10.1. The van der Waals surface area contributed by atoms with Gasteiger partial charge in [0, 0.05) is 25.7 Å². The molecule has 1 aliphatic rings. The van der Waals surface area contributed by atoms with E-state index in [4.69, 9.17) is 4.74 Å². The van der Waals surface area contributed by atoms with Gasteiger partial charge in [-0.1, -0.05) is 18.2 Å². The predicted octanol–water partition coefficient (Wildman–Crippen LogP) is 3.06. The van der Waals surface area contributed by atoms with E-state index in [2.05, 4.69) is 56.2 Å². The number of ether oxygens (including phenoxy) is 1. The number of nitrogens with zero attached hydrogens (tertiary/aromatic N) is 1. The lowest BCUT2D eigenvalue weighted by Crippen LogP contribution is -2.43. The van der Waals surface area contributed by atoms with E-state index in [0.717, 1.165) is 19.7 Å². The van der Waals surface area contributed by atoms with Crippen LogP contribution in [0.25, 0.3) is 0 Å². The Kier molecular flexibility index (Phi) is 6.22. The van der Waals surface area contributed by atoms with Gasteiger partial charge in [-0.15, -0.1) is 0 Å². The standard InChI is InChI=1S/C18H30N2O/c1-5-21-17-7-6-10-20(12-17)13-18(19-4)16-9-8-14(2)15(3)11-16/h8-9,11,17-19H,5-7,10,12-13H2,1-4H3. The second kappa shape index (κ2) is 7.92. The van der Waals surface area contributed by atoms with Crippen LogP contribution in [0.2, 0.25) is 0 Å². The third-order valence-electron chi connectivity index (χ3n) is 4.59. The molecule has 0 aromatic heterocycles. The summed E-state index contributed by atoms with van der Waals surface area (Å²) in [6.07, 6.45) is 2.87. The molecule has 0 bridgehead atoms. The number of benzene rings is 1. The van der Waals surface area contributed by atoms with Crippen molar-refractivity contribution in [2.24, 2.45) is 0 Å². The molecule has 1 aromatic rings. The predicted molar refractivity (Wildman–Crippen MR) is 88.8 cm³/mol. The Morgan fingerprint density at radius 1 is 1.33 bits per heavy atom. The molecule has 1 N–H and O–H groups in total. The summed E-state index contributed by atoms with van der Waals surface area (Å²) in [5.74, 6) is 0. The van der Waals surface area contributed by atoms with Crippen LogP contribution in [0.4, 0.5) is 0 Å². The van der Waals surface area contributed by atoms with E-state index in [9.17, 15) is 0 Å². The molecule has 0 spiro atoms. The molecule has 1 saturated heterocycles. The summed E-state index contributed by atoms with van der Waals surface area (Å²) in [6, 6.07) is 7.20. The summed E-state index contributed by atoms with van der Waals surface area (Å²) >= 11 is 0. The highest BCUT2D eigenvalue weighted by Crippen LogP contribution is 2.21. The topological polar surface area (TPSA) is 24.5 Å². The van der Waals surface area contributed by atoms with Crippen LogP contribution in [-0.4, -0.2) is 44.3 Å². The van der Waals surface area contributed by atoms with Gasteiger partial charge in [-0.3, -0.25) is 4.90 Å². The van der Waals surface area contributed by atoms with Crippen molar-refractivity contribution in [1.29, 1.82) is 0 Å². The van der Waals surface area contributed by atoms with Crippen molar-refractivity contribution < 1.29 is 4.74 Å². The van der Waals surface area contributed by atoms with Crippen LogP contribution in [0.15, 0.2) is 18.2 Å². The van der Waals surface area contributed by atoms with Crippen molar-refractivity contribution in [3.05, 3.63) is 34.9 Å². The molecule has 1 aliphatic heterocycles. The Morgan fingerprint density at radius 3 is 2.81 bits per heavy atom. The molecular formula is C18H30N2O. The maximum absolute atomic E-state index is 5.81. The molecule has 0 saturated carbocycles. The van der Waals surface area contributed by atoms with Crippen molar-refractivity contribution >= 4 is 0 Å². The smallest absolute Gasteiger partial charge is 0.0702 e. The van der Waals surface area contributed by atoms with E-state index in [-0.39, 0.29) is 0 Å². The molecule has 2 rings (SSSR count). The van der Waals surface area contributed by atoms with Crippen molar-refractivity contribution in [3.8, 4) is 0 Å². The monoisotopic (exact) mass is 290 g/mol. The van der Waals surface area contributed by atoms with Gasteiger partial charge in [0.2, 0.25) is 0 Å². The number of piperidine rings is 1. The molecule has 3 nitrogen and oxygen atoms in total. The van der Waals surface area contributed by atoms with Gasteiger partial charge < -0.3 is 10.1 Å². The fourth-order valence-corrected chi connectivity index (χ4v) is 3.15. The number of likely N-dealkylation sites (N-methyl/N-ethyl adjacent to an activating group) is 1. The van der Waals surface area contributed by atoms with Crippen LogP contribution in [0, 0.1) is 13.8 Å². The highest BCUT2D eigenvalue weighted by molar-refractivity contribution is 5.31. The zero-order valence-electron chi connectivity index (χ0n) is 14.0. The lowest BCUT2D eigenvalue weighted by atomic mass is 9.99. The van der Waals surface area contributed by atoms with E-state index in [0.29, 0.717) is 12.1 Å². The maximum Gasteiger partial charge on any atom is 0.0702 e. The minimum atomic E-state index is 0.393. The number of nitrogens with one attached hydrogen (secondary N) is 1. The minimum Gasteiger partial charge on any atom is -0.377 e. The summed E-state index contributed by atoms with van der Waals surface area (Å²) in [5, 5.41) is 3.48. The third kappa shape index (κ3) is 4.53. The van der Waals surface area contributed by atoms with E-state index < -0.39 is 0 Å². The summed E-state index contributed by atoms with van der Waals surface area (Å²) in [4.78, 5) is 2.54. The van der Waals surface area contributed by atoms with Gasteiger partial charge in [-0.2, -0.15) is 0 Å². The Balaban J connectivity index is 1.99. The van der Waals surface area contributed by atoms with Crippen molar-refractivity contribution in [3.63, 3.8) is 0 Å². The number of likely N-dealkylation sites (tertiary alicyclic amines) is 1. The van der Waals surface area contributed by atoms with Crippen molar-refractivity contribution in [1.82, 2.24) is 10.2 Å². The Hall–Kier alpha value is -0.900. The number of aryl methyl sites for hydroxylation is 2. The second-order valence-corrected chi connectivity index (χ2v) is 6.16. The van der Waals surface area contributed by atoms with Gasteiger partial charge in [-0.25, -0.2) is 0 Å². The molecule has 0 amide bonds. The summed E-state index contributed by atoms with van der Waals surface area (Å²) in [6.45, 7) is 10.6. The number of hydrogen-bond acceptors (Lipinski definition) is 3. The van der Waals surface area contributed by atoms with Crippen molar-refractivity contribution in [2.75, 3.05) is 33.3 Å². The molecule has 0 aliphatic carbocycles. The summed E-state index contributed by atoms with van der Waals surface area (Å²) in [7, 11) is 2.06. The number of hydrogen-bond donors (Lipinski definition) is 1. The zero-order valence-corrected chi connectivity index (χ0v) is 14.0. The van der Waals surface area contributed by atoms with E-state index in [1.54, 1.807) is 0 Å². The Morgan fingerprint density at radius 2 is 2.14 bits per heavy atom. The largest absolute Gasteiger partial charge is 0.377 e. The average Bonchev–Trinajstić information content (AvgIpc) is 2.48. The van der Waals surface area contributed by atoms with Crippen LogP contribution in [0.1, 0.15) is 42.5 Å². The summed E-state index contributed by atoms with van der Waals surface area (Å²) < 4.78 is 5.81. The molecule has 2 unspecified atom stereocenters. The van der Waals surface area contributed by atoms with Gasteiger partial charge in [0.1, 0.15) is 0 Å². The van der Waals surface area contributed by atoms with Crippen LogP contribution in [0.3, 0.4) is 0 Å². The van der Waals surface area contributed by atoms with E-state index >= 15 is 0 Å². The second-order valence-electron chi connectivity index (χ2n) is 6.16. The van der Waals surface area contributed by atoms with E-state index in [1.165, 1.54) is 36.1 Å². The lowest BCUT2D eigenvalue weighted by molar-refractivity contribution is 0.00367. The molecule has 118 valence electrons. The van der Waals surface area contributed by atoms with Gasteiger partial charge in [-0.05, 0) is 63.9 Å². The summed E-state index contributed by atoms with van der Waals surface area (Å²) in [5.41, 5.74) is 4.13. The molecule has 1 aromatic carbocycles. The van der Waals surface area contributed by atoms with Gasteiger partial charge in [0.25, 0.3) is 0 Å². The highest BCUT2D eigenvalue weighted by Gasteiger charge is 2.22. The van der Waals surface area contributed by atoms with E-state index in [1.807, 2.05) is 0 Å². The molecule has 1 fully saturated rings. The Labute approximate surface area is 129 Å². The Bertz CT molecular complexity index is 445. The zero-order chi connectivity index (χ0) is 15.2. The number of rotatable bonds is 6. The normalized spacial score (nSPS) is 21.4. The first-order valence-electron chi connectivity index (χ1n) is 8.22. The lowest BCUT2D eigenvalue weighted by Gasteiger charge is -2.35. The molecule has 21 heavy (non-hydrogen) atoms. The van der Waals surface area contributed by atoms with Crippen LogP contribution in [0.5, 0.6) is 0 Å². The first-order valence-corrected chi connectivity index (χ1v) is 8.22. The fourth-order valence-electron chi connectivity index (χ4n) is 3.15. The minimum absolute atomic E-state index is 0.393. The molecule has 0 radical (unpaired) electrons. The first kappa shape index (κ1) is 16.5. The maximum atomic E-state index is 5.81. The third-order valence-corrected chi connectivity index (χ3v) is 4.59. The fraction of sp³-hybridized carbons (Fsp3) is 0.667.